The van der Waals surface area contributed by atoms with Gasteiger partial charge < -0.3 is 25.8 Å². The summed E-state index contributed by atoms with van der Waals surface area (Å²) in [4.78, 5) is 45.3. The van der Waals surface area contributed by atoms with Gasteiger partial charge in [-0.25, -0.2) is 9.59 Å². The van der Waals surface area contributed by atoms with E-state index in [4.69, 9.17) is 10.8 Å². The standard InChI is InChI=1S/C11H19N3O6/c1-14(5-3-4-9(16)20-2)11(19)13-7(10(17)18)6-8(12)15/h7H,3-6H2,1-2H3,(H2,12,15)(H,13,19)(H,17,18)/t7-/m0/s1. The average Bonchev–Trinajstić information content (AvgIpc) is 2.36. The van der Waals surface area contributed by atoms with Gasteiger partial charge in [0.05, 0.1) is 13.5 Å². The summed E-state index contributed by atoms with van der Waals surface area (Å²) < 4.78 is 4.45. The van der Waals surface area contributed by atoms with Crippen LogP contribution in [0.15, 0.2) is 0 Å². The molecule has 0 aliphatic heterocycles. The number of methoxy groups -OCH3 is 1. The highest BCUT2D eigenvalue weighted by Crippen LogP contribution is 1.98. The van der Waals surface area contributed by atoms with Crippen molar-refractivity contribution in [2.45, 2.75) is 25.3 Å². The molecule has 0 radical (unpaired) electrons. The third kappa shape index (κ3) is 7.19. The Labute approximate surface area is 116 Å². The number of rotatable bonds is 8. The van der Waals surface area contributed by atoms with Crippen LogP contribution < -0.4 is 11.1 Å². The van der Waals surface area contributed by atoms with Gasteiger partial charge in [-0.05, 0) is 6.42 Å². The minimum atomic E-state index is -1.37. The SMILES string of the molecule is COC(=O)CCCN(C)C(=O)N[C@@H](CC(N)=O)C(=O)O. The van der Waals surface area contributed by atoms with Crippen LogP contribution in [0.4, 0.5) is 4.79 Å². The molecule has 0 spiro atoms. The normalized spacial score (nSPS) is 11.3. The van der Waals surface area contributed by atoms with Gasteiger partial charge in [-0.2, -0.15) is 0 Å². The first-order valence-corrected chi connectivity index (χ1v) is 5.87. The van der Waals surface area contributed by atoms with E-state index in [9.17, 15) is 19.2 Å². The number of hydrogen-bond donors (Lipinski definition) is 3. The molecule has 0 unspecified atom stereocenters. The highest BCUT2D eigenvalue weighted by atomic mass is 16.5. The van der Waals surface area contributed by atoms with Crippen LogP contribution in [0.25, 0.3) is 0 Å². The first kappa shape index (κ1) is 17.7. The summed E-state index contributed by atoms with van der Waals surface area (Å²) in [6, 6.07) is -2.04. The maximum Gasteiger partial charge on any atom is 0.326 e. The lowest BCUT2D eigenvalue weighted by Crippen LogP contribution is -2.48. The van der Waals surface area contributed by atoms with E-state index >= 15 is 0 Å². The molecule has 114 valence electrons. The number of esters is 1. The Bertz CT molecular complexity index is 384. The molecule has 0 aromatic heterocycles. The van der Waals surface area contributed by atoms with E-state index in [0.717, 1.165) is 0 Å². The van der Waals surface area contributed by atoms with Crippen LogP contribution in [0.1, 0.15) is 19.3 Å². The smallest absolute Gasteiger partial charge is 0.326 e. The van der Waals surface area contributed by atoms with Crippen molar-refractivity contribution in [3.63, 3.8) is 0 Å². The predicted molar refractivity (Wildman–Crippen MR) is 67.6 cm³/mol. The number of carbonyl (C=O) groups is 4. The Balaban J connectivity index is 4.25. The predicted octanol–water partition coefficient (Wildman–Crippen LogP) is -1.09. The summed E-state index contributed by atoms with van der Waals surface area (Å²) in [5, 5.41) is 11.0. The molecule has 4 N–H and O–H groups in total. The van der Waals surface area contributed by atoms with Crippen molar-refractivity contribution in [1.82, 2.24) is 10.2 Å². The Kier molecular flexibility index (Phi) is 7.71. The van der Waals surface area contributed by atoms with Crippen molar-refractivity contribution < 1.29 is 29.0 Å². The number of nitrogens with zero attached hydrogens (tertiary/aromatic N) is 1. The summed E-state index contributed by atoms with van der Waals surface area (Å²) in [6.07, 6.45) is 0.0407. The van der Waals surface area contributed by atoms with Crippen molar-refractivity contribution in [2.75, 3.05) is 20.7 Å². The van der Waals surface area contributed by atoms with Gasteiger partial charge in [0, 0.05) is 20.0 Å². The van der Waals surface area contributed by atoms with Gasteiger partial charge in [0.1, 0.15) is 6.04 Å². The maximum absolute atomic E-state index is 11.7. The molecule has 1 atom stereocenters. The zero-order valence-corrected chi connectivity index (χ0v) is 11.4. The molecule has 9 heteroatoms. The molecular weight excluding hydrogens is 270 g/mol. The van der Waals surface area contributed by atoms with E-state index in [0.29, 0.717) is 6.42 Å². The molecule has 20 heavy (non-hydrogen) atoms. The minimum absolute atomic E-state index is 0.151. The number of carbonyl (C=O) groups excluding carboxylic acids is 3. The number of nitrogens with one attached hydrogen (secondary N) is 1. The van der Waals surface area contributed by atoms with Crippen LogP contribution in [-0.2, 0) is 19.1 Å². The topological polar surface area (TPSA) is 139 Å². The number of nitrogens with two attached hydrogens (primary N) is 1. The Morgan fingerprint density at radius 2 is 1.95 bits per heavy atom. The van der Waals surface area contributed by atoms with Gasteiger partial charge in [0.15, 0.2) is 0 Å². The molecule has 0 fully saturated rings. The first-order chi connectivity index (χ1) is 9.27. The number of primary amides is 1. The lowest BCUT2D eigenvalue weighted by molar-refractivity contribution is -0.141. The van der Waals surface area contributed by atoms with Crippen LogP contribution in [0.3, 0.4) is 0 Å². The molecule has 0 bridgehead atoms. The molecule has 0 aromatic carbocycles. The van der Waals surface area contributed by atoms with E-state index in [2.05, 4.69) is 10.1 Å². The van der Waals surface area contributed by atoms with E-state index in [1.54, 1.807) is 0 Å². The zero-order chi connectivity index (χ0) is 15.7. The molecule has 9 nitrogen and oxygen atoms in total. The third-order valence-corrected chi connectivity index (χ3v) is 2.45. The zero-order valence-electron chi connectivity index (χ0n) is 11.4. The lowest BCUT2D eigenvalue weighted by Gasteiger charge is -2.20. The third-order valence-electron chi connectivity index (χ3n) is 2.45. The van der Waals surface area contributed by atoms with E-state index in [1.807, 2.05) is 0 Å². The molecule has 0 aromatic rings. The number of urea groups is 1. The van der Waals surface area contributed by atoms with Gasteiger partial charge in [-0.1, -0.05) is 0 Å². The molecule has 0 saturated carbocycles. The van der Waals surface area contributed by atoms with Crippen LogP contribution in [0.2, 0.25) is 0 Å². The fraction of sp³-hybridized carbons (Fsp3) is 0.636. The summed E-state index contributed by atoms with van der Waals surface area (Å²) in [6.45, 7) is 0.240. The van der Waals surface area contributed by atoms with Gasteiger partial charge in [-0.3, -0.25) is 9.59 Å². The number of ether oxygens (including phenoxy) is 1. The Hall–Kier alpha value is -2.32. The number of aliphatic carboxylic acids is 1. The second kappa shape index (κ2) is 8.73. The minimum Gasteiger partial charge on any atom is -0.480 e. The van der Waals surface area contributed by atoms with Crippen LogP contribution in [-0.4, -0.2) is 60.6 Å². The van der Waals surface area contributed by atoms with Crippen molar-refractivity contribution in [3.8, 4) is 0 Å². The summed E-state index contributed by atoms with van der Waals surface area (Å²) in [5.74, 6) is -2.57. The molecule has 0 aliphatic rings. The van der Waals surface area contributed by atoms with Gasteiger partial charge >= 0.3 is 18.0 Å². The highest BCUT2D eigenvalue weighted by Gasteiger charge is 2.23. The molecule has 0 heterocycles. The van der Waals surface area contributed by atoms with Gasteiger partial charge in [0.2, 0.25) is 5.91 Å². The Morgan fingerprint density at radius 3 is 2.40 bits per heavy atom. The van der Waals surface area contributed by atoms with Gasteiger partial charge in [-0.15, -0.1) is 0 Å². The van der Waals surface area contributed by atoms with Crippen LogP contribution in [0.5, 0.6) is 0 Å². The largest absolute Gasteiger partial charge is 0.480 e. The fourth-order valence-electron chi connectivity index (χ4n) is 1.32. The lowest BCUT2D eigenvalue weighted by atomic mass is 10.2. The summed E-state index contributed by atoms with van der Waals surface area (Å²) >= 11 is 0. The van der Waals surface area contributed by atoms with E-state index in [-0.39, 0.29) is 13.0 Å². The maximum atomic E-state index is 11.7. The second-order valence-electron chi connectivity index (χ2n) is 4.11. The number of amides is 3. The number of carboxylic acids is 1. The molecule has 0 saturated heterocycles. The van der Waals surface area contributed by atoms with E-state index < -0.39 is 36.3 Å². The second-order valence-corrected chi connectivity index (χ2v) is 4.11. The van der Waals surface area contributed by atoms with E-state index in [1.165, 1.54) is 19.1 Å². The molecular formula is C11H19N3O6. The van der Waals surface area contributed by atoms with Crippen molar-refractivity contribution in [2.24, 2.45) is 5.73 Å². The highest BCUT2D eigenvalue weighted by molar-refractivity contribution is 5.87. The Morgan fingerprint density at radius 1 is 1.35 bits per heavy atom. The summed E-state index contributed by atoms with van der Waals surface area (Å²) in [5.41, 5.74) is 4.89. The molecule has 0 aliphatic carbocycles. The average molecular weight is 289 g/mol. The molecule has 0 rings (SSSR count). The molecule has 3 amide bonds. The van der Waals surface area contributed by atoms with Crippen molar-refractivity contribution >= 4 is 23.9 Å². The van der Waals surface area contributed by atoms with Gasteiger partial charge in [0.25, 0.3) is 0 Å². The van der Waals surface area contributed by atoms with Crippen molar-refractivity contribution in [1.29, 1.82) is 0 Å². The quantitative estimate of drug-likeness (QED) is 0.485. The number of hydrogen-bond acceptors (Lipinski definition) is 5. The fourth-order valence-corrected chi connectivity index (χ4v) is 1.32. The summed E-state index contributed by atoms with van der Waals surface area (Å²) in [7, 11) is 2.70. The first-order valence-electron chi connectivity index (χ1n) is 5.87. The number of carboxylic acid groups (broad SMARTS) is 1. The van der Waals surface area contributed by atoms with Crippen molar-refractivity contribution in [3.05, 3.63) is 0 Å². The van der Waals surface area contributed by atoms with Crippen LogP contribution in [0, 0.1) is 0 Å². The van der Waals surface area contributed by atoms with Crippen LogP contribution >= 0.6 is 0 Å². The monoisotopic (exact) mass is 289 g/mol.